The van der Waals surface area contributed by atoms with Crippen LogP contribution in [0.3, 0.4) is 0 Å². The monoisotopic (exact) mass is 318 g/mol. The van der Waals surface area contributed by atoms with E-state index in [1.807, 2.05) is 78.9 Å². The Morgan fingerprint density at radius 2 is 1.26 bits per heavy atom. The van der Waals surface area contributed by atoms with Crippen molar-refractivity contribution < 1.29 is 4.79 Å². The smallest absolute Gasteiger partial charge is 0.193 e. The third-order valence-corrected chi connectivity index (χ3v) is 3.80. The van der Waals surface area contributed by atoms with Gasteiger partial charge in [0.05, 0.1) is 0 Å². The number of ketones is 1. The maximum absolute atomic E-state index is 12.9. The molecule has 0 aromatic heterocycles. The van der Waals surface area contributed by atoms with E-state index < -0.39 is 0 Å². The fraction of sp³-hybridized carbons (Fsp3) is 0. The first kappa shape index (κ1) is 15.3. The number of carbonyl (C=O) groups is 1. The third-order valence-electron chi connectivity index (χ3n) is 3.55. The normalized spacial score (nSPS) is 11.3. The molecule has 0 aliphatic carbocycles. The van der Waals surface area contributed by atoms with Crippen molar-refractivity contribution in [2.24, 2.45) is 0 Å². The fourth-order valence-electron chi connectivity index (χ4n) is 2.37. The first-order valence-electron chi connectivity index (χ1n) is 7.36. The first-order valence-corrected chi connectivity index (χ1v) is 7.74. The minimum absolute atomic E-state index is 0.00299. The van der Waals surface area contributed by atoms with Crippen LogP contribution in [0.5, 0.6) is 0 Å². The SMILES string of the molecule is O=C(/C(=C/c1ccccc1)c1ccc(Cl)cc1)c1ccccc1. The van der Waals surface area contributed by atoms with E-state index in [1.165, 1.54) is 0 Å². The highest BCUT2D eigenvalue weighted by molar-refractivity contribution is 6.33. The molecule has 0 bridgehead atoms. The lowest BCUT2D eigenvalue weighted by Crippen LogP contribution is -2.02. The molecule has 3 rings (SSSR count). The molecule has 23 heavy (non-hydrogen) atoms. The Hall–Kier alpha value is -2.64. The van der Waals surface area contributed by atoms with Gasteiger partial charge in [-0.1, -0.05) is 84.4 Å². The predicted octanol–water partition coefficient (Wildman–Crippen LogP) is 5.76. The number of allylic oxidation sites excluding steroid dienone is 1. The quantitative estimate of drug-likeness (QED) is 0.339. The summed E-state index contributed by atoms with van der Waals surface area (Å²) in [4.78, 5) is 12.9. The molecule has 0 fully saturated rings. The van der Waals surface area contributed by atoms with Gasteiger partial charge < -0.3 is 0 Å². The van der Waals surface area contributed by atoms with E-state index in [1.54, 1.807) is 12.1 Å². The highest BCUT2D eigenvalue weighted by Gasteiger charge is 2.14. The molecule has 0 saturated carbocycles. The standard InChI is InChI=1S/C21H15ClO/c22-19-13-11-17(12-14-19)20(15-16-7-3-1-4-8-16)21(23)18-9-5-2-6-10-18/h1-15H/b20-15+. The zero-order valence-electron chi connectivity index (χ0n) is 12.4. The Morgan fingerprint density at radius 3 is 1.87 bits per heavy atom. The molecule has 0 N–H and O–H groups in total. The molecule has 0 spiro atoms. The number of rotatable bonds is 4. The molecule has 0 radical (unpaired) electrons. The average Bonchev–Trinajstić information content (AvgIpc) is 2.62. The van der Waals surface area contributed by atoms with Crippen LogP contribution in [0.4, 0.5) is 0 Å². The lowest BCUT2D eigenvalue weighted by molar-refractivity contribution is 0.105. The van der Waals surface area contributed by atoms with E-state index in [9.17, 15) is 4.79 Å². The van der Waals surface area contributed by atoms with Crippen LogP contribution in [-0.4, -0.2) is 5.78 Å². The van der Waals surface area contributed by atoms with Gasteiger partial charge in [-0.25, -0.2) is 0 Å². The summed E-state index contributed by atoms with van der Waals surface area (Å²) in [6.45, 7) is 0. The first-order chi connectivity index (χ1) is 11.2. The van der Waals surface area contributed by atoms with Crippen LogP contribution in [0.25, 0.3) is 11.6 Å². The molecule has 0 saturated heterocycles. The zero-order chi connectivity index (χ0) is 16.1. The summed E-state index contributed by atoms with van der Waals surface area (Å²) < 4.78 is 0. The molecule has 0 unspecified atom stereocenters. The van der Waals surface area contributed by atoms with Gasteiger partial charge in [0.25, 0.3) is 0 Å². The van der Waals surface area contributed by atoms with Gasteiger partial charge in [0.1, 0.15) is 0 Å². The van der Waals surface area contributed by atoms with Gasteiger partial charge in [-0.15, -0.1) is 0 Å². The van der Waals surface area contributed by atoms with Crippen molar-refractivity contribution in [3.05, 3.63) is 107 Å². The molecule has 0 atom stereocenters. The Kier molecular flexibility index (Phi) is 4.70. The highest BCUT2D eigenvalue weighted by atomic mass is 35.5. The van der Waals surface area contributed by atoms with E-state index in [2.05, 4.69) is 0 Å². The van der Waals surface area contributed by atoms with Crippen LogP contribution in [-0.2, 0) is 0 Å². The second-order valence-electron chi connectivity index (χ2n) is 5.17. The van der Waals surface area contributed by atoms with Crippen LogP contribution in [0.1, 0.15) is 21.5 Å². The van der Waals surface area contributed by atoms with Crippen LogP contribution >= 0.6 is 11.6 Å². The van der Waals surface area contributed by atoms with E-state index >= 15 is 0 Å². The van der Waals surface area contributed by atoms with Crippen LogP contribution in [0.15, 0.2) is 84.9 Å². The summed E-state index contributed by atoms with van der Waals surface area (Å²) in [7, 11) is 0. The average molecular weight is 319 g/mol. The van der Waals surface area contributed by atoms with Crippen molar-refractivity contribution in [1.29, 1.82) is 0 Å². The largest absolute Gasteiger partial charge is 0.289 e. The van der Waals surface area contributed by atoms with Gasteiger partial charge in [0, 0.05) is 16.2 Å². The molecular weight excluding hydrogens is 304 g/mol. The van der Waals surface area contributed by atoms with Crippen LogP contribution < -0.4 is 0 Å². The number of hydrogen-bond acceptors (Lipinski definition) is 1. The van der Waals surface area contributed by atoms with E-state index in [0.29, 0.717) is 16.2 Å². The van der Waals surface area contributed by atoms with Gasteiger partial charge >= 0.3 is 0 Å². The van der Waals surface area contributed by atoms with Crippen molar-refractivity contribution in [2.75, 3.05) is 0 Å². The molecule has 0 aliphatic heterocycles. The summed E-state index contributed by atoms with van der Waals surface area (Å²) in [5, 5.41) is 0.653. The molecule has 0 heterocycles. The zero-order valence-corrected chi connectivity index (χ0v) is 13.2. The minimum Gasteiger partial charge on any atom is -0.289 e. The molecule has 3 aromatic rings. The Morgan fingerprint density at radius 1 is 0.696 bits per heavy atom. The Bertz CT molecular complexity index is 819. The lowest BCUT2D eigenvalue weighted by Gasteiger charge is -2.08. The van der Waals surface area contributed by atoms with Gasteiger partial charge in [-0.3, -0.25) is 4.79 Å². The van der Waals surface area contributed by atoms with Gasteiger partial charge in [-0.05, 0) is 29.3 Å². The molecule has 1 nitrogen and oxygen atoms in total. The van der Waals surface area contributed by atoms with Gasteiger partial charge in [-0.2, -0.15) is 0 Å². The minimum atomic E-state index is -0.00299. The second-order valence-corrected chi connectivity index (χ2v) is 5.61. The Labute approximate surface area is 140 Å². The summed E-state index contributed by atoms with van der Waals surface area (Å²) in [5.41, 5.74) is 3.16. The highest BCUT2D eigenvalue weighted by Crippen LogP contribution is 2.24. The number of hydrogen-bond donors (Lipinski definition) is 0. The summed E-state index contributed by atoms with van der Waals surface area (Å²) in [6, 6.07) is 26.5. The summed E-state index contributed by atoms with van der Waals surface area (Å²) >= 11 is 5.97. The number of benzene rings is 3. The lowest BCUT2D eigenvalue weighted by atomic mass is 9.95. The van der Waals surface area contributed by atoms with Crippen LogP contribution in [0.2, 0.25) is 5.02 Å². The van der Waals surface area contributed by atoms with E-state index in [-0.39, 0.29) is 5.78 Å². The van der Waals surface area contributed by atoms with Crippen molar-refractivity contribution in [3.63, 3.8) is 0 Å². The van der Waals surface area contributed by atoms with Crippen molar-refractivity contribution in [2.45, 2.75) is 0 Å². The maximum Gasteiger partial charge on any atom is 0.193 e. The van der Waals surface area contributed by atoms with E-state index in [4.69, 9.17) is 11.6 Å². The van der Waals surface area contributed by atoms with Gasteiger partial charge in [0.15, 0.2) is 5.78 Å². The van der Waals surface area contributed by atoms with Gasteiger partial charge in [0.2, 0.25) is 0 Å². The van der Waals surface area contributed by atoms with Crippen molar-refractivity contribution in [1.82, 2.24) is 0 Å². The second kappa shape index (κ2) is 7.08. The topological polar surface area (TPSA) is 17.1 Å². The molecule has 2 heteroatoms. The maximum atomic E-state index is 12.9. The number of Topliss-reactive ketones (excluding diaryl/α,β-unsaturated/α-hetero) is 1. The third kappa shape index (κ3) is 3.77. The summed E-state index contributed by atoms with van der Waals surface area (Å²) in [6.07, 6.45) is 1.92. The molecule has 0 aliphatic rings. The van der Waals surface area contributed by atoms with Crippen molar-refractivity contribution >= 4 is 29.0 Å². The molecule has 0 amide bonds. The summed E-state index contributed by atoms with van der Waals surface area (Å²) in [5.74, 6) is -0.00299. The number of halogens is 1. The van der Waals surface area contributed by atoms with E-state index in [0.717, 1.165) is 11.1 Å². The molecular formula is C21H15ClO. The van der Waals surface area contributed by atoms with Crippen LogP contribution in [0, 0.1) is 0 Å². The Balaban J connectivity index is 2.08. The molecule has 112 valence electrons. The number of carbonyl (C=O) groups excluding carboxylic acids is 1. The molecule has 3 aromatic carbocycles. The fourth-order valence-corrected chi connectivity index (χ4v) is 2.50. The predicted molar refractivity (Wildman–Crippen MR) is 96.5 cm³/mol. The van der Waals surface area contributed by atoms with Crippen molar-refractivity contribution in [3.8, 4) is 0 Å².